The fourth-order valence-corrected chi connectivity index (χ4v) is 1.60. The number of hydrogen-bond acceptors (Lipinski definition) is 2. The van der Waals surface area contributed by atoms with E-state index in [1.165, 1.54) is 30.3 Å². The maximum atomic E-state index is 13.4. The van der Waals surface area contributed by atoms with Crippen molar-refractivity contribution in [3.05, 3.63) is 58.6 Å². The third-order valence-electron chi connectivity index (χ3n) is 2.30. The van der Waals surface area contributed by atoms with Gasteiger partial charge < -0.3 is 5.32 Å². The van der Waals surface area contributed by atoms with Crippen LogP contribution in [-0.2, 0) is 0 Å². The normalized spacial score (nSPS) is 9.89. The van der Waals surface area contributed by atoms with Crippen molar-refractivity contribution >= 4 is 23.0 Å². The number of anilines is 2. The van der Waals surface area contributed by atoms with E-state index in [4.69, 9.17) is 16.9 Å². The number of nitriles is 1. The highest BCUT2D eigenvalue weighted by Crippen LogP contribution is 2.24. The van der Waals surface area contributed by atoms with Gasteiger partial charge in [-0.05, 0) is 36.4 Å². The Morgan fingerprint density at radius 3 is 2.50 bits per heavy atom. The van der Waals surface area contributed by atoms with E-state index in [2.05, 4.69) is 5.32 Å². The fourth-order valence-electron chi connectivity index (χ4n) is 1.43. The summed E-state index contributed by atoms with van der Waals surface area (Å²) in [5.41, 5.74) is 0.423. The lowest BCUT2D eigenvalue weighted by Crippen LogP contribution is -1.95. The summed E-state index contributed by atoms with van der Waals surface area (Å²) in [7, 11) is 0. The van der Waals surface area contributed by atoms with Gasteiger partial charge in [-0.3, -0.25) is 0 Å². The summed E-state index contributed by atoms with van der Waals surface area (Å²) in [6.07, 6.45) is 0. The standard InChI is InChI=1S/C13H7ClF2N2/c14-9-2-4-11(15)13(5-9)18-10-3-1-8(7-17)12(16)6-10/h1-6,18H. The third kappa shape index (κ3) is 2.58. The predicted octanol–water partition coefficient (Wildman–Crippen LogP) is 4.23. The van der Waals surface area contributed by atoms with Crippen molar-refractivity contribution in [2.75, 3.05) is 5.32 Å². The second kappa shape index (κ2) is 5.03. The molecule has 0 amide bonds. The van der Waals surface area contributed by atoms with E-state index < -0.39 is 11.6 Å². The molecule has 0 fully saturated rings. The summed E-state index contributed by atoms with van der Waals surface area (Å²) in [5, 5.41) is 11.7. The first-order chi connectivity index (χ1) is 8.60. The molecule has 1 N–H and O–H groups in total. The maximum Gasteiger partial charge on any atom is 0.146 e. The average molecular weight is 265 g/mol. The van der Waals surface area contributed by atoms with E-state index in [1.807, 2.05) is 0 Å². The van der Waals surface area contributed by atoms with Gasteiger partial charge in [-0.1, -0.05) is 11.6 Å². The van der Waals surface area contributed by atoms with Crippen LogP contribution in [0.3, 0.4) is 0 Å². The Kier molecular flexibility index (Phi) is 3.45. The molecule has 90 valence electrons. The van der Waals surface area contributed by atoms with E-state index in [1.54, 1.807) is 6.07 Å². The highest BCUT2D eigenvalue weighted by molar-refractivity contribution is 6.30. The first kappa shape index (κ1) is 12.3. The van der Waals surface area contributed by atoms with Crippen molar-refractivity contribution in [2.24, 2.45) is 0 Å². The van der Waals surface area contributed by atoms with Gasteiger partial charge in [0.1, 0.15) is 17.7 Å². The van der Waals surface area contributed by atoms with Crippen molar-refractivity contribution in [3.63, 3.8) is 0 Å². The molecule has 0 heterocycles. The minimum atomic E-state index is -0.662. The number of nitrogens with one attached hydrogen (secondary N) is 1. The Morgan fingerprint density at radius 1 is 1.06 bits per heavy atom. The smallest absolute Gasteiger partial charge is 0.146 e. The first-order valence-corrected chi connectivity index (χ1v) is 5.39. The summed E-state index contributed by atoms with van der Waals surface area (Å²) < 4.78 is 26.8. The van der Waals surface area contributed by atoms with Crippen LogP contribution in [0.1, 0.15) is 5.56 Å². The first-order valence-electron chi connectivity index (χ1n) is 5.02. The summed E-state index contributed by atoms with van der Waals surface area (Å²) >= 11 is 5.74. The number of benzene rings is 2. The third-order valence-corrected chi connectivity index (χ3v) is 2.53. The number of halogens is 3. The molecule has 18 heavy (non-hydrogen) atoms. The minimum absolute atomic E-state index is 0.0629. The largest absolute Gasteiger partial charge is 0.353 e. The molecule has 0 atom stereocenters. The van der Waals surface area contributed by atoms with Crippen molar-refractivity contribution < 1.29 is 8.78 Å². The Bertz CT molecular complexity index is 635. The van der Waals surface area contributed by atoms with Gasteiger partial charge >= 0.3 is 0 Å². The van der Waals surface area contributed by atoms with Gasteiger partial charge in [0, 0.05) is 10.7 Å². The number of nitrogens with zero attached hydrogens (tertiary/aromatic N) is 1. The van der Waals surface area contributed by atoms with Gasteiger partial charge in [-0.2, -0.15) is 5.26 Å². The molecule has 0 unspecified atom stereocenters. The Hall–Kier alpha value is -2.12. The zero-order chi connectivity index (χ0) is 13.1. The molecule has 0 radical (unpaired) electrons. The quantitative estimate of drug-likeness (QED) is 0.881. The average Bonchev–Trinajstić information content (AvgIpc) is 2.34. The molecule has 0 bridgehead atoms. The zero-order valence-electron chi connectivity index (χ0n) is 9.05. The van der Waals surface area contributed by atoms with E-state index >= 15 is 0 Å². The van der Waals surface area contributed by atoms with E-state index in [0.717, 1.165) is 6.07 Å². The van der Waals surface area contributed by atoms with Crippen LogP contribution in [0.25, 0.3) is 0 Å². The summed E-state index contributed by atoms with van der Waals surface area (Å²) in [6, 6.07) is 9.67. The topological polar surface area (TPSA) is 35.8 Å². The van der Waals surface area contributed by atoms with Crippen LogP contribution in [-0.4, -0.2) is 0 Å². The Morgan fingerprint density at radius 2 is 1.83 bits per heavy atom. The van der Waals surface area contributed by atoms with Crippen molar-refractivity contribution in [3.8, 4) is 6.07 Å². The monoisotopic (exact) mass is 264 g/mol. The van der Waals surface area contributed by atoms with Crippen molar-refractivity contribution in [2.45, 2.75) is 0 Å². The Balaban J connectivity index is 2.32. The van der Waals surface area contributed by atoms with Crippen molar-refractivity contribution in [1.82, 2.24) is 0 Å². The van der Waals surface area contributed by atoms with Gasteiger partial charge in [0.05, 0.1) is 11.3 Å². The van der Waals surface area contributed by atoms with Crippen LogP contribution >= 0.6 is 11.6 Å². The molecule has 5 heteroatoms. The molecular weight excluding hydrogens is 258 g/mol. The highest BCUT2D eigenvalue weighted by atomic mass is 35.5. The molecule has 0 aromatic heterocycles. The molecule has 0 spiro atoms. The molecule has 0 aliphatic rings. The van der Waals surface area contributed by atoms with Crippen LogP contribution in [0.2, 0.25) is 5.02 Å². The number of rotatable bonds is 2. The molecule has 2 aromatic carbocycles. The molecule has 0 saturated heterocycles. The maximum absolute atomic E-state index is 13.4. The lowest BCUT2D eigenvalue weighted by molar-refractivity contribution is 0.623. The van der Waals surface area contributed by atoms with E-state index in [9.17, 15) is 8.78 Å². The van der Waals surface area contributed by atoms with Crippen LogP contribution in [0.15, 0.2) is 36.4 Å². The minimum Gasteiger partial charge on any atom is -0.353 e. The molecule has 2 aromatic rings. The highest BCUT2D eigenvalue weighted by Gasteiger charge is 2.06. The van der Waals surface area contributed by atoms with Crippen LogP contribution in [0, 0.1) is 23.0 Å². The summed E-state index contributed by atoms with van der Waals surface area (Å²) in [6.45, 7) is 0. The molecule has 2 nitrogen and oxygen atoms in total. The van der Waals surface area contributed by atoms with Crippen LogP contribution < -0.4 is 5.32 Å². The summed E-state index contributed by atoms with van der Waals surface area (Å²) in [5.74, 6) is -1.16. The molecule has 0 aliphatic carbocycles. The SMILES string of the molecule is N#Cc1ccc(Nc2cc(Cl)ccc2F)cc1F. The van der Waals surface area contributed by atoms with Gasteiger partial charge in [0.2, 0.25) is 0 Å². The second-order valence-corrected chi connectivity index (χ2v) is 3.99. The second-order valence-electron chi connectivity index (χ2n) is 3.56. The summed E-state index contributed by atoms with van der Waals surface area (Å²) in [4.78, 5) is 0. The molecule has 0 saturated carbocycles. The molecule has 2 rings (SSSR count). The number of hydrogen-bond donors (Lipinski definition) is 1. The van der Waals surface area contributed by atoms with E-state index in [-0.39, 0.29) is 11.3 Å². The lowest BCUT2D eigenvalue weighted by atomic mass is 10.2. The van der Waals surface area contributed by atoms with E-state index in [0.29, 0.717) is 10.7 Å². The van der Waals surface area contributed by atoms with Crippen LogP contribution in [0.5, 0.6) is 0 Å². The van der Waals surface area contributed by atoms with Gasteiger partial charge in [-0.25, -0.2) is 8.78 Å². The van der Waals surface area contributed by atoms with Gasteiger partial charge in [-0.15, -0.1) is 0 Å². The predicted molar refractivity (Wildman–Crippen MR) is 65.8 cm³/mol. The van der Waals surface area contributed by atoms with Gasteiger partial charge in [0.15, 0.2) is 0 Å². The van der Waals surface area contributed by atoms with Crippen molar-refractivity contribution in [1.29, 1.82) is 5.26 Å². The Labute approximate surface area is 107 Å². The molecule has 0 aliphatic heterocycles. The van der Waals surface area contributed by atoms with Crippen LogP contribution in [0.4, 0.5) is 20.2 Å². The fraction of sp³-hybridized carbons (Fsp3) is 0. The van der Waals surface area contributed by atoms with Gasteiger partial charge in [0.25, 0.3) is 0 Å². The zero-order valence-corrected chi connectivity index (χ0v) is 9.80. The lowest BCUT2D eigenvalue weighted by Gasteiger charge is -2.08. The molecular formula is C13H7ClF2N2.